The lowest BCUT2D eigenvalue weighted by Crippen LogP contribution is -2.48. The van der Waals surface area contributed by atoms with Gasteiger partial charge in [0.2, 0.25) is 5.91 Å². The van der Waals surface area contributed by atoms with E-state index in [0.717, 1.165) is 12.0 Å². The van der Waals surface area contributed by atoms with Crippen LogP contribution in [0.1, 0.15) is 39.4 Å². The Bertz CT molecular complexity index is 1100. The number of hydrogen-bond acceptors (Lipinski definition) is 2. The number of halogens is 1. The molecule has 0 spiro atoms. The van der Waals surface area contributed by atoms with Gasteiger partial charge in [-0.05, 0) is 54.7 Å². The van der Waals surface area contributed by atoms with Crippen molar-refractivity contribution in [2.24, 2.45) is 5.92 Å². The van der Waals surface area contributed by atoms with Crippen LogP contribution in [-0.2, 0) is 11.2 Å². The summed E-state index contributed by atoms with van der Waals surface area (Å²) < 4.78 is 13.8. The van der Waals surface area contributed by atoms with Crippen LogP contribution in [0.3, 0.4) is 0 Å². The van der Waals surface area contributed by atoms with Crippen LogP contribution < -0.4 is 5.32 Å². The lowest BCUT2D eigenvalue weighted by molar-refractivity contribution is -0.126. The average molecular weight is 445 g/mol. The number of hydrogen-bond donors (Lipinski definition) is 1. The molecule has 1 aliphatic rings. The van der Waals surface area contributed by atoms with E-state index in [1.54, 1.807) is 30.0 Å². The van der Waals surface area contributed by atoms with Crippen LogP contribution in [0.4, 0.5) is 4.39 Å². The molecule has 0 saturated carbocycles. The molecule has 170 valence electrons. The van der Waals surface area contributed by atoms with Crippen molar-refractivity contribution in [2.75, 3.05) is 19.6 Å². The first-order valence-corrected chi connectivity index (χ1v) is 11.4. The molecule has 0 radical (unpaired) electrons. The molecule has 1 N–H and O–H groups in total. The first kappa shape index (κ1) is 22.7. The zero-order chi connectivity index (χ0) is 23.2. The van der Waals surface area contributed by atoms with E-state index in [9.17, 15) is 14.0 Å². The van der Waals surface area contributed by atoms with Crippen molar-refractivity contribution in [2.45, 2.75) is 25.7 Å². The Kier molecular flexibility index (Phi) is 7.18. The van der Waals surface area contributed by atoms with Gasteiger partial charge in [-0.15, -0.1) is 0 Å². The minimum atomic E-state index is -0.322. The predicted molar refractivity (Wildman–Crippen MR) is 127 cm³/mol. The minimum Gasteiger partial charge on any atom is -0.355 e. The van der Waals surface area contributed by atoms with Crippen molar-refractivity contribution in [1.82, 2.24) is 10.2 Å². The first-order valence-electron chi connectivity index (χ1n) is 11.4. The fraction of sp³-hybridized carbons (Fsp3) is 0.286. The molecule has 4 rings (SSSR count). The molecule has 4 nitrogen and oxygen atoms in total. The van der Waals surface area contributed by atoms with Gasteiger partial charge in [-0.3, -0.25) is 9.59 Å². The van der Waals surface area contributed by atoms with E-state index in [4.69, 9.17) is 0 Å². The van der Waals surface area contributed by atoms with Gasteiger partial charge >= 0.3 is 0 Å². The van der Waals surface area contributed by atoms with E-state index < -0.39 is 0 Å². The molecular weight excluding hydrogens is 415 g/mol. The van der Waals surface area contributed by atoms with Crippen molar-refractivity contribution in [1.29, 1.82) is 0 Å². The summed E-state index contributed by atoms with van der Waals surface area (Å²) in [6.07, 6.45) is 1.38. The highest BCUT2D eigenvalue weighted by Gasteiger charge is 2.35. The fourth-order valence-corrected chi connectivity index (χ4v) is 4.50. The zero-order valence-electron chi connectivity index (χ0n) is 18.8. The van der Waals surface area contributed by atoms with E-state index >= 15 is 0 Å². The smallest absolute Gasteiger partial charge is 0.253 e. The maximum atomic E-state index is 13.8. The molecule has 0 unspecified atom stereocenters. The molecule has 5 heteroatoms. The summed E-state index contributed by atoms with van der Waals surface area (Å²) in [4.78, 5) is 28.0. The molecule has 1 fully saturated rings. The van der Waals surface area contributed by atoms with Crippen LogP contribution in [-0.4, -0.2) is 36.3 Å². The van der Waals surface area contributed by atoms with Gasteiger partial charge in [0.1, 0.15) is 5.82 Å². The topological polar surface area (TPSA) is 49.4 Å². The summed E-state index contributed by atoms with van der Waals surface area (Å²) in [5.74, 6) is -0.725. The van der Waals surface area contributed by atoms with Crippen LogP contribution in [0.2, 0.25) is 0 Å². The monoisotopic (exact) mass is 444 g/mol. The Morgan fingerprint density at radius 1 is 0.970 bits per heavy atom. The predicted octanol–water partition coefficient (Wildman–Crippen LogP) is 4.74. The second kappa shape index (κ2) is 10.4. The Morgan fingerprint density at radius 3 is 2.36 bits per heavy atom. The lowest BCUT2D eigenvalue weighted by Gasteiger charge is -2.37. The number of likely N-dealkylation sites (tertiary alicyclic amines) is 1. The van der Waals surface area contributed by atoms with Crippen LogP contribution in [0.15, 0.2) is 78.9 Å². The number of carbonyl (C=O) groups excluding carboxylic acids is 2. The third kappa shape index (κ3) is 5.67. The van der Waals surface area contributed by atoms with Crippen molar-refractivity contribution in [3.05, 3.63) is 107 Å². The van der Waals surface area contributed by atoms with Gasteiger partial charge in [0, 0.05) is 31.1 Å². The molecule has 3 aromatic carbocycles. The highest BCUT2D eigenvalue weighted by atomic mass is 19.1. The van der Waals surface area contributed by atoms with Gasteiger partial charge in [-0.25, -0.2) is 4.39 Å². The Hall–Kier alpha value is -3.47. The molecule has 0 bridgehead atoms. The minimum absolute atomic E-state index is 0.0319. The first-order chi connectivity index (χ1) is 16.0. The molecule has 3 aromatic rings. The average Bonchev–Trinajstić information content (AvgIpc) is 2.86. The van der Waals surface area contributed by atoms with E-state index in [1.807, 2.05) is 54.6 Å². The molecule has 2 atom stereocenters. The van der Waals surface area contributed by atoms with Gasteiger partial charge in [0.05, 0.1) is 5.92 Å². The Balaban J connectivity index is 1.50. The van der Waals surface area contributed by atoms with E-state index in [-0.39, 0.29) is 29.5 Å². The highest BCUT2D eigenvalue weighted by Crippen LogP contribution is 2.32. The Morgan fingerprint density at radius 2 is 1.67 bits per heavy atom. The fourth-order valence-electron chi connectivity index (χ4n) is 4.50. The van der Waals surface area contributed by atoms with Crippen molar-refractivity contribution < 1.29 is 14.0 Å². The number of rotatable bonds is 6. The third-order valence-corrected chi connectivity index (χ3v) is 6.34. The van der Waals surface area contributed by atoms with Crippen LogP contribution in [0.5, 0.6) is 0 Å². The molecule has 0 aromatic heterocycles. The van der Waals surface area contributed by atoms with E-state index in [2.05, 4.69) is 5.32 Å². The number of benzene rings is 3. The van der Waals surface area contributed by atoms with E-state index in [0.29, 0.717) is 37.2 Å². The molecule has 1 heterocycles. The highest BCUT2D eigenvalue weighted by molar-refractivity contribution is 5.94. The zero-order valence-corrected chi connectivity index (χ0v) is 18.8. The van der Waals surface area contributed by atoms with Crippen LogP contribution in [0.25, 0.3) is 0 Å². The second-order valence-corrected chi connectivity index (χ2v) is 8.74. The lowest BCUT2D eigenvalue weighted by atomic mass is 9.83. The molecule has 2 amide bonds. The van der Waals surface area contributed by atoms with E-state index in [1.165, 1.54) is 11.6 Å². The molecule has 1 saturated heterocycles. The number of carbonyl (C=O) groups is 2. The maximum absolute atomic E-state index is 13.8. The van der Waals surface area contributed by atoms with Crippen LogP contribution >= 0.6 is 0 Å². The largest absolute Gasteiger partial charge is 0.355 e. The standard InChI is InChI=1S/C28H29FN2O2/c1-20-16-23(12-13-26(20)29)24-17-25(27(32)30-15-14-21-8-4-2-5-9-21)19-31(18-24)28(33)22-10-6-3-7-11-22/h2-13,16,24-25H,14-15,17-19H2,1H3,(H,30,32)/t24-,25-/m1/s1. The SMILES string of the molecule is Cc1cc([C@@H]2C[C@@H](C(=O)NCCc3ccccc3)CN(C(=O)c3ccccc3)C2)ccc1F. The van der Waals surface area contributed by atoms with Crippen molar-refractivity contribution >= 4 is 11.8 Å². The molecule has 0 aliphatic carbocycles. The van der Waals surface area contributed by atoms with Gasteiger partial charge in [-0.1, -0.05) is 60.7 Å². The quantitative estimate of drug-likeness (QED) is 0.597. The summed E-state index contributed by atoms with van der Waals surface area (Å²) in [6, 6.07) is 24.2. The molecule has 33 heavy (non-hydrogen) atoms. The number of nitrogens with one attached hydrogen (secondary N) is 1. The van der Waals surface area contributed by atoms with Crippen LogP contribution in [0, 0.1) is 18.7 Å². The summed E-state index contributed by atoms with van der Waals surface area (Å²) in [5, 5.41) is 3.06. The van der Waals surface area contributed by atoms with Gasteiger partial charge < -0.3 is 10.2 Å². The summed E-state index contributed by atoms with van der Waals surface area (Å²) >= 11 is 0. The summed E-state index contributed by atoms with van der Waals surface area (Å²) in [6.45, 7) is 3.17. The summed E-state index contributed by atoms with van der Waals surface area (Å²) in [7, 11) is 0. The number of amides is 2. The van der Waals surface area contributed by atoms with Crippen molar-refractivity contribution in [3.8, 4) is 0 Å². The molecule has 1 aliphatic heterocycles. The summed E-state index contributed by atoms with van der Waals surface area (Å²) in [5.41, 5.74) is 3.31. The number of nitrogens with zero attached hydrogens (tertiary/aromatic N) is 1. The normalized spacial score (nSPS) is 18.1. The second-order valence-electron chi connectivity index (χ2n) is 8.74. The third-order valence-electron chi connectivity index (χ3n) is 6.34. The Labute approximate surface area is 194 Å². The molecular formula is C28H29FN2O2. The van der Waals surface area contributed by atoms with Crippen molar-refractivity contribution in [3.63, 3.8) is 0 Å². The van der Waals surface area contributed by atoms with Gasteiger partial charge in [-0.2, -0.15) is 0 Å². The number of aryl methyl sites for hydroxylation is 1. The number of piperidine rings is 1. The van der Waals surface area contributed by atoms with Gasteiger partial charge in [0.25, 0.3) is 5.91 Å². The maximum Gasteiger partial charge on any atom is 0.253 e. The van der Waals surface area contributed by atoms with Gasteiger partial charge in [0.15, 0.2) is 0 Å².